The van der Waals surface area contributed by atoms with Crippen LogP contribution in [0.5, 0.6) is 0 Å². The van der Waals surface area contributed by atoms with Crippen molar-refractivity contribution in [1.82, 2.24) is 15.5 Å². The van der Waals surface area contributed by atoms with Crippen LogP contribution in [0.25, 0.3) is 0 Å². The van der Waals surface area contributed by atoms with Crippen molar-refractivity contribution in [3.8, 4) is 0 Å². The molecule has 0 aromatic carbocycles. The third-order valence-corrected chi connectivity index (χ3v) is 3.43. The number of aliphatic carboxylic acids is 1. The maximum atomic E-state index is 11.9. The number of hydrogen-bond donors (Lipinski definition) is 3. The quantitative estimate of drug-likeness (QED) is 0.536. The summed E-state index contributed by atoms with van der Waals surface area (Å²) in [6.45, 7) is 1.87. The summed E-state index contributed by atoms with van der Waals surface area (Å²) in [6.07, 6.45) is 5.62. The lowest BCUT2D eigenvalue weighted by molar-refractivity contribution is -0.137. The molecule has 0 aromatic rings. The maximum Gasteiger partial charge on any atom is 0.323 e. The number of nitrogens with zero attached hydrogens (tertiary/aromatic N) is 1. The SMILES string of the molecule is O=C(O)CN(CC1CC1)C(=O)NCCCNC1CC1. The average molecular weight is 269 g/mol. The normalized spacial score (nSPS) is 18.1. The van der Waals surface area contributed by atoms with Crippen LogP contribution in [0.15, 0.2) is 0 Å². The van der Waals surface area contributed by atoms with Gasteiger partial charge in [0.05, 0.1) is 0 Å². The zero-order valence-electron chi connectivity index (χ0n) is 11.2. The second kappa shape index (κ2) is 6.75. The van der Waals surface area contributed by atoms with E-state index in [-0.39, 0.29) is 12.6 Å². The van der Waals surface area contributed by atoms with Crippen molar-refractivity contribution in [2.45, 2.75) is 38.1 Å². The minimum Gasteiger partial charge on any atom is -0.480 e. The van der Waals surface area contributed by atoms with Crippen molar-refractivity contribution < 1.29 is 14.7 Å². The molecule has 2 fully saturated rings. The highest BCUT2D eigenvalue weighted by Gasteiger charge is 2.27. The number of nitrogens with one attached hydrogen (secondary N) is 2. The summed E-state index contributed by atoms with van der Waals surface area (Å²) in [7, 11) is 0. The van der Waals surface area contributed by atoms with Gasteiger partial charge in [0.25, 0.3) is 0 Å². The Labute approximate surface area is 113 Å². The molecule has 2 rings (SSSR count). The number of hydrogen-bond acceptors (Lipinski definition) is 3. The first-order valence-electron chi connectivity index (χ1n) is 7.13. The standard InChI is InChI=1S/C13H23N3O3/c17-12(18)9-16(8-10-2-3-10)13(19)15-7-1-6-14-11-4-5-11/h10-11,14H,1-9H2,(H,15,19)(H,17,18). The zero-order valence-corrected chi connectivity index (χ0v) is 11.2. The molecule has 0 atom stereocenters. The third kappa shape index (κ3) is 5.92. The summed E-state index contributed by atoms with van der Waals surface area (Å²) < 4.78 is 0. The van der Waals surface area contributed by atoms with Crippen LogP contribution in [0.3, 0.4) is 0 Å². The van der Waals surface area contributed by atoms with E-state index < -0.39 is 5.97 Å². The first-order chi connectivity index (χ1) is 9.15. The molecule has 6 heteroatoms. The minimum absolute atomic E-state index is 0.206. The van der Waals surface area contributed by atoms with E-state index in [1.54, 1.807) is 0 Å². The van der Waals surface area contributed by atoms with Crippen LogP contribution in [0.1, 0.15) is 32.1 Å². The molecule has 0 bridgehead atoms. The van der Waals surface area contributed by atoms with Gasteiger partial charge in [0.15, 0.2) is 0 Å². The average Bonchev–Trinajstić information content (AvgIpc) is 3.21. The Morgan fingerprint density at radius 3 is 2.47 bits per heavy atom. The van der Waals surface area contributed by atoms with Crippen LogP contribution in [0.4, 0.5) is 4.79 Å². The van der Waals surface area contributed by atoms with E-state index in [4.69, 9.17) is 5.11 Å². The second-order valence-corrected chi connectivity index (χ2v) is 5.53. The first kappa shape index (κ1) is 14.1. The first-order valence-corrected chi connectivity index (χ1v) is 7.13. The molecule has 0 heterocycles. The fourth-order valence-electron chi connectivity index (χ4n) is 1.98. The smallest absolute Gasteiger partial charge is 0.323 e. The molecule has 6 nitrogen and oxygen atoms in total. The number of carbonyl (C=O) groups excluding carboxylic acids is 1. The largest absolute Gasteiger partial charge is 0.480 e. The Kier molecular flexibility index (Phi) is 5.01. The van der Waals surface area contributed by atoms with Crippen LogP contribution in [0.2, 0.25) is 0 Å². The summed E-state index contributed by atoms with van der Waals surface area (Å²) in [5.41, 5.74) is 0. The molecule has 2 saturated carbocycles. The van der Waals surface area contributed by atoms with Gasteiger partial charge >= 0.3 is 12.0 Å². The lowest BCUT2D eigenvalue weighted by Gasteiger charge is -2.21. The molecular weight excluding hydrogens is 246 g/mol. The summed E-state index contributed by atoms with van der Waals surface area (Å²) in [5.74, 6) is -0.451. The predicted molar refractivity (Wildman–Crippen MR) is 71.0 cm³/mol. The van der Waals surface area contributed by atoms with E-state index >= 15 is 0 Å². The lowest BCUT2D eigenvalue weighted by Crippen LogP contribution is -2.44. The van der Waals surface area contributed by atoms with E-state index in [0.29, 0.717) is 25.0 Å². The Hall–Kier alpha value is -1.30. The lowest BCUT2D eigenvalue weighted by atomic mass is 10.3. The van der Waals surface area contributed by atoms with Gasteiger partial charge in [-0.3, -0.25) is 4.79 Å². The van der Waals surface area contributed by atoms with Gasteiger partial charge in [-0.15, -0.1) is 0 Å². The number of carbonyl (C=O) groups is 2. The fourth-order valence-corrected chi connectivity index (χ4v) is 1.98. The fraction of sp³-hybridized carbons (Fsp3) is 0.846. The van der Waals surface area contributed by atoms with Gasteiger partial charge in [-0.1, -0.05) is 0 Å². The van der Waals surface area contributed by atoms with Crippen molar-refractivity contribution in [3.05, 3.63) is 0 Å². The van der Waals surface area contributed by atoms with Crippen molar-refractivity contribution >= 4 is 12.0 Å². The summed E-state index contributed by atoms with van der Waals surface area (Å²) in [5, 5.41) is 15.0. The van der Waals surface area contributed by atoms with Gasteiger partial charge in [-0.2, -0.15) is 0 Å². The highest BCUT2D eigenvalue weighted by Crippen LogP contribution is 2.29. The summed E-state index contributed by atoms with van der Waals surface area (Å²) >= 11 is 0. The van der Waals surface area contributed by atoms with Gasteiger partial charge < -0.3 is 20.6 Å². The van der Waals surface area contributed by atoms with Gasteiger partial charge in [0.1, 0.15) is 6.54 Å². The molecule has 108 valence electrons. The predicted octanol–water partition coefficient (Wildman–Crippen LogP) is 0.635. The van der Waals surface area contributed by atoms with E-state index in [0.717, 1.165) is 25.8 Å². The van der Waals surface area contributed by atoms with Crippen LogP contribution < -0.4 is 10.6 Å². The third-order valence-electron chi connectivity index (χ3n) is 3.43. The number of rotatable bonds is 9. The molecule has 0 saturated heterocycles. The second-order valence-electron chi connectivity index (χ2n) is 5.53. The molecule has 0 spiro atoms. The molecule has 0 aromatic heterocycles. The number of carboxylic acids is 1. The highest BCUT2D eigenvalue weighted by molar-refractivity contribution is 5.80. The molecule has 2 aliphatic rings. The molecule has 2 aliphatic carbocycles. The molecule has 2 amide bonds. The van der Waals surface area contributed by atoms with Crippen molar-refractivity contribution in [1.29, 1.82) is 0 Å². The van der Waals surface area contributed by atoms with E-state index in [2.05, 4.69) is 10.6 Å². The van der Waals surface area contributed by atoms with Gasteiger partial charge in [0.2, 0.25) is 0 Å². The van der Waals surface area contributed by atoms with Crippen molar-refractivity contribution in [3.63, 3.8) is 0 Å². The Morgan fingerprint density at radius 1 is 1.16 bits per heavy atom. The molecular formula is C13H23N3O3. The Balaban J connectivity index is 1.60. The summed E-state index contributed by atoms with van der Waals surface area (Å²) in [4.78, 5) is 24.0. The van der Waals surface area contributed by atoms with E-state index in [1.165, 1.54) is 17.7 Å². The van der Waals surface area contributed by atoms with E-state index in [9.17, 15) is 9.59 Å². The molecule has 19 heavy (non-hydrogen) atoms. The zero-order chi connectivity index (χ0) is 13.7. The molecule has 0 unspecified atom stereocenters. The van der Waals surface area contributed by atoms with Crippen LogP contribution in [-0.4, -0.2) is 54.2 Å². The topological polar surface area (TPSA) is 81.7 Å². The molecule has 0 radical (unpaired) electrons. The molecule has 0 aliphatic heterocycles. The van der Waals surface area contributed by atoms with Crippen LogP contribution in [-0.2, 0) is 4.79 Å². The number of carboxylic acid groups (broad SMARTS) is 1. The minimum atomic E-state index is -0.953. The highest BCUT2D eigenvalue weighted by atomic mass is 16.4. The van der Waals surface area contributed by atoms with Crippen molar-refractivity contribution in [2.24, 2.45) is 5.92 Å². The maximum absolute atomic E-state index is 11.9. The van der Waals surface area contributed by atoms with Crippen molar-refractivity contribution in [2.75, 3.05) is 26.2 Å². The number of urea groups is 1. The van der Waals surface area contributed by atoms with Gasteiger partial charge in [-0.05, 0) is 44.6 Å². The van der Waals surface area contributed by atoms with Gasteiger partial charge in [-0.25, -0.2) is 4.79 Å². The number of amides is 2. The summed E-state index contributed by atoms with van der Waals surface area (Å²) in [6, 6.07) is 0.440. The van der Waals surface area contributed by atoms with Crippen LogP contribution in [0, 0.1) is 5.92 Å². The van der Waals surface area contributed by atoms with E-state index in [1.807, 2.05) is 0 Å². The van der Waals surface area contributed by atoms with Crippen LogP contribution >= 0.6 is 0 Å². The molecule has 3 N–H and O–H groups in total. The van der Waals surface area contributed by atoms with Gasteiger partial charge in [0, 0.05) is 19.1 Å². The Morgan fingerprint density at radius 2 is 1.89 bits per heavy atom. The monoisotopic (exact) mass is 269 g/mol. The Bertz CT molecular complexity index is 327.